The highest BCUT2D eigenvalue weighted by Crippen LogP contribution is 2.01. The van der Waals surface area contributed by atoms with Gasteiger partial charge in [0.25, 0.3) is 0 Å². The van der Waals surface area contributed by atoms with E-state index in [1.54, 1.807) is 0 Å². The molecule has 0 heterocycles. The third-order valence-electron chi connectivity index (χ3n) is 2.43. The van der Waals surface area contributed by atoms with Gasteiger partial charge in [0.05, 0.1) is 12.1 Å². The van der Waals surface area contributed by atoms with Crippen molar-refractivity contribution in [1.29, 1.82) is 5.26 Å². The van der Waals surface area contributed by atoms with Crippen LogP contribution < -0.4 is 5.32 Å². The Hall–Kier alpha value is -1.33. The van der Waals surface area contributed by atoms with Gasteiger partial charge in [-0.2, -0.15) is 5.26 Å². The Morgan fingerprint density at radius 3 is 2.47 bits per heavy atom. The van der Waals surface area contributed by atoms with Crippen molar-refractivity contribution < 1.29 is 0 Å². The molecule has 2 nitrogen and oxygen atoms in total. The summed E-state index contributed by atoms with van der Waals surface area (Å²) in [4.78, 5) is 0. The van der Waals surface area contributed by atoms with E-state index in [1.165, 1.54) is 5.56 Å². The van der Waals surface area contributed by atoms with Gasteiger partial charge < -0.3 is 5.32 Å². The molecule has 0 radical (unpaired) electrons. The number of nitriles is 1. The maximum Gasteiger partial charge on any atom is 0.0976 e. The number of nitrogens with one attached hydrogen (secondary N) is 1. The summed E-state index contributed by atoms with van der Waals surface area (Å²) in [6.07, 6.45) is 0.978. The summed E-state index contributed by atoms with van der Waals surface area (Å²) in [7, 11) is 0. The smallest absolute Gasteiger partial charge is 0.0976 e. The highest BCUT2D eigenvalue weighted by Gasteiger charge is 2.10. The third-order valence-corrected chi connectivity index (χ3v) is 2.43. The first-order chi connectivity index (χ1) is 7.24. The summed E-state index contributed by atoms with van der Waals surface area (Å²) in [5, 5.41) is 12.1. The molecule has 15 heavy (non-hydrogen) atoms. The van der Waals surface area contributed by atoms with Gasteiger partial charge in [-0.3, -0.25) is 0 Å². The lowest BCUT2D eigenvalue weighted by molar-refractivity contribution is 0.475. The lowest BCUT2D eigenvalue weighted by Crippen LogP contribution is -2.33. The van der Waals surface area contributed by atoms with E-state index >= 15 is 0 Å². The average molecular weight is 202 g/mol. The number of rotatable bonds is 5. The SMILES string of the molecule is CC(C)C(C#N)NCCc1ccccc1. The average Bonchev–Trinajstić information content (AvgIpc) is 2.25. The summed E-state index contributed by atoms with van der Waals surface area (Å²) >= 11 is 0. The fraction of sp³-hybridized carbons (Fsp3) is 0.462. The van der Waals surface area contributed by atoms with Crippen LogP contribution in [0.5, 0.6) is 0 Å². The highest BCUT2D eigenvalue weighted by atomic mass is 14.9. The molecule has 2 heteroatoms. The molecular weight excluding hydrogens is 184 g/mol. The summed E-state index contributed by atoms with van der Waals surface area (Å²) in [5.74, 6) is 0.366. The molecule has 0 aromatic heterocycles. The van der Waals surface area contributed by atoms with Gasteiger partial charge in [0, 0.05) is 6.54 Å². The van der Waals surface area contributed by atoms with Crippen LogP contribution in [0.1, 0.15) is 19.4 Å². The van der Waals surface area contributed by atoms with E-state index in [9.17, 15) is 0 Å². The Kier molecular flexibility index (Phi) is 4.86. The van der Waals surface area contributed by atoms with E-state index in [0.717, 1.165) is 13.0 Å². The van der Waals surface area contributed by atoms with E-state index in [-0.39, 0.29) is 6.04 Å². The minimum Gasteiger partial charge on any atom is -0.301 e. The summed E-state index contributed by atoms with van der Waals surface area (Å²) in [6.45, 7) is 4.98. The summed E-state index contributed by atoms with van der Waals surface area (Å²) in [6, 6.07) is 12.6. The second kappa shape index (κ2) is 6.21. The molecule has 0 bridgehead atoms. The molecule has 0 aliphatic rings. The molecular formula is C13H18N2. The van der Waals surface area contributed by atoms with Crippen LogP contribution in [0, 0.1) is 17.2 Å². The maximum absolute atomic E-state index is 8.88. The molecule has 1 atom stereocenters. The number of benzene rings is 1. The number of hydrogen-bond donors (Lipinski definition) is 1. The molecule has 80 valence electrons. The van der Waals surface area contributed by atoms with Gasteiger partial charge >= 0.3 is 0 Å². The van der Waals surface area contributed by atoms with Crippen molar-refractivity contribution in [1.82, 2.24) is 5.32 Å². The third kappa shape index (κ3) is 4.14. The molecule has 1 rings (SSSR count). The van der Waals surface area contributed by atoms with Crippen molar-refractivity contribution in [2.45, 2.75) is 26.3 Å². The number of nitrogens with zero attached hydrogens (tertiary/aromatic N) is 1. The van der Waals surface area contributed by atoms with E-state index in [2.05, 4.69) is 37.4 Å². The summed E-state index contributed by atoms with van der Waals surface area (Å²) < 4.78 is 0. The van der Waals surface area contributed by atoms with Gasteiger partial charge in [0.15, 0.2) is 0 Å². The molecule has 0 aliphatic carbocycles. The Morgan fingerprint density at radius 2 is 1.93 bits per heavy atom. The summed E-state index contributed by atoms with van der Waals surface area (Å²) in [5.41, 5.74) is 1.31. The van der Waals surface area contributed by atoms with Gasteiger partial charge in [-0.1, -0.05) is 44.2 Å². The number of hydrogen-bond acceptors (Lipinski definition) is 2. The predicted molar refractivity (Wildman–Crippen MR) is 62.4 cm³/mol. The van der Waals surface area contributed by atoms with Crippen LogP contribution in [-0.4, -0.2) is 12.6 Å². The van der Waals surface area contributed by atoms with E-state index in [1.807, 2.05) is 18.2 Å². The Morgan fingerprint density at radius 1 is 1.27 bits per heavy atom. The minimum absolute atomic E-state index is 0.0336. The zero-order valence-corrected chi connectivity index (χ0v) is 9.40. The monoisotopic (exact) mass is 202 g/mol. The molecule has 1 aromatic carbocycles. The van der Waals surface area contributed by atoms with Crippen molar-refractivity contribution >= 4 is 0 Å². The van der Waals surface area contributed by atoms with Crippen LogP contribution in [0.3, 0.4) is 0 Å². The van der Waals surface area contributed by atoms with E-state index < -0.39 is 0 Å². The molecule has 1 unspecified atom stereocenters. The highest BCUT2D eigenvalue weighted by molar-refractivity contribution is 5.14. The molecule has 1 N–H and O–H groups in total. The van der Waals surface area contributed by atoms with E-state index in [0.29, 0.717) is 5.92 Å². The standard InChI is InChI=1S/C13H18N2/c1-11(2)13(10-14)15-9-8-12-6-4-3-5-7-12/h3-7,11,13,15H,8-9H2,1-2H3. The first-order valence-electron chi connectivity index (χ1n) is 5.41. The van der Waals surface area contributed by atoms with Crippen LogP contribution in [0.2, 0.25) is 0 Å². The van der Waals surface area contributed by atoms with Gasteiger partial charge in [-0.25, -0.2) is 0 Å². The first kappa shape index (κ1) is 11.7. The van der Waals surface area contributed by atoms with Crippen LogP contribution in [0.15, 0.2) is 30.3 Å². The van der Waals surface area contributed by atoms with E-state index in [4.69, 9.17) is 5.26 Å². The van der Waals surface area contributed by atoms with Crippen molar-refractivity contribution in [2.75, 3.05) is 6.54 Å². The van der Waals surface area contributed by atoms with Gasteiger partial charge in [-0.15, -0.1) is 0 Å². The fourth-order valence-corrected chi connectivity index (χ4v) is 1.45. The molecule has 0 fully saturated rings. The van der Waals surface area contributed by atoms with Gasteiger partial charge in [0.2, 0.25) is 0 Å². The Labute approximate surface area is 91.9 Å². The van der Waals surface area contributed by atoms with Gasteiger partial charge in [0.1, 0.15) is 0 Å². The predicted octanol–water partition coefficient (Wildman–Crippen LogP) is 2.37. The normalized spacial score (nSPS) is 12.4. The molecule has 0 amide bonds. The van der Waals surface area contributed by atoms with Crippen LogP contribution in [0.4, 0.5) is 0 Å². The quantitative estimate of drug-likeness (QED) is 0.795. The maximum atomic E-state index is 8.88. The second-order valence-corrected chi connectivity index (χ2v) is 4.04. The van der Waals surface area contributed by atoms with Crippen LogP contribution in [0.25, 0.3) is 0 Å². The molecule has 0 saturated carbocycles. The lowest BCUT2D eigenvalue weighted by Gasteiger charge is -2.14. The molecule has 1 aromatic rings. The Balaban J connectivity index is 2.31. The van der Waals surface area contributed by atoms with Crippen molar-refractivity contribution in [3.63, 3.8) is 0 Å². The zero-order chi connectivity index (χ0) is 11.1. The lowest BCUT2D eigenvalue weighted by atomic mass is 10.1. The second-order valence-electron chi connectivity index (χ2n) is 4.04. The fourth-order valence-electron chi connectivity index (χ4n) is 1.45. The Bertz CT molecular complexity index is 311. The minimum atomic E-state index is -0.0336. The van der Waals surface area contributed by atoms with Crippen molar-refractivity contribution in [2.24, 2.45) is 5.92 Å². The topological polar surface area (TPSA) is 35.8 Å². The van der Waals surface area contributed by atoms with Gasteiger partial charge in [-0.05, 0) is 17.9 Å². The molecule has 0 spiro atoms. The van der Waals surface area contributed by atoms with Crippen molar-refractivity contribution in [3.05, 3.63) is 35.9 Å². The molecule has 0 saturated heterocycles. The van der Waals surface area contributed by atoms with Crippen molar-refractivity contribution in [3.8, 4) is 6.07 Å². The van der Waals surface area contributed by atoms with Crippen LogP contribution in [-0.2, 0) is 6.42 Å². The first-order valence-corrected chi connectivity index (χ1v) is 5.41. The van der Waals surface area contributed by atoms with Crippen LogP contribution >= 0.6 is 0 Å². The molecule has 0 aliphatic heterocycles. The largest absolute Gasteiger partial charge is 0.301 e. The zero-order valence-electron chi connectivity index (χ0n) is 9.40.